The van der Waals surface area contributed by atoms with Gasteiger partial charge in [0.1, 0.15) is 10.7 Å². The van der Waals surface area contributed by atoms with Crippen molar-refractivity contribution in [3.8, 4) is 0 Å². The first kappa shape index (κ1) is 15.9. The summed E-state index contributed by atoms with van der Waals surface area (Å²) < 4.78 is 36.6. The third kappa shape index (κ3) is 3.41. The second-order valence-electron chi connectivity index (χ2n) is 5.81. The maximum Gasteiger partial charge on any atom is 0.253 e. The van der Waals surface area contributed by atoms with Crippen molar-refractivity contribution < 1.29 is 17.6 Å². The number of nitrogens with zero attached hydrogens (tertiary/aromatic N) is 1. The lowest BCUT2D eigenvalue weighted by Gasteiger charge is -2.18. The normalized spacial score (nSPS) is 21.2. The molecule has 5 nitrogen and oxygen atoms in total. The van der Waals surface area contributed by atoms with Gasteiger partial charge in [0.25, 0.3) is 5.91 Å². The molecule has 0 saturated heterocycles. The fourth-order valence-corrected chi connectivity index (χ4v) is 3.08. The van der Waals surface area contributed by atoms with Crippen molar-refractivity contribution in [2.45, 2.75) is 25.2 Å². The van der Waals surface area contributed by atoms with Crippen molar-refractivity contribution in [2.75, 3.05) is 13.6 Å². The Labute approximate surface area is 124 Å². The van der Waals surface area contributed by atoms with Crippen LogP contribution in [0, 0.1) is 24.6 Å². The zero-order chi connectivity index (χ0) is 15.9. The molecule has 1 aromatic carbocycles. The van der Waals surface area contributed by atoms with Crippen LogP contribution in [0.1, 0.15) is 29.3 Å². The van der Waals surface area contributed by atoms with Crippen LogP contribution in [0.2, 0.25) is 0 Å². The number of aryl methyl sites for hydroxylation is 1. The molecule has 0 spiro atoms. The highest BCUT2D eigenvalue weighted by Gasteiger charge is 2.34. The van der Waals surface area contributed by atoms with E-state index >= 15 is 0 Å². The van der Waals surface area contributed by atoms with Crippen LogP contribution in [0.5, 0.6) is 0 Å². The van der Waals surface area contributed by atoms with Crippen LogP contribution < -0.4 is 5.14 Å². The third-order valence-electron chi connectivity index (χ3n) is 3.91. The molecule has 0 aromatic heterocycles. The molecule has 0 bridgehead atoms. The van der Waals surface area contributed by atoms with Crippen LogP contribution in [0.25, 0.3) is 0 Å². The van der Waals surface area contributed by atoms with Crippen LogP contribution in [-0.4, -0.2) is 32.8 Å². The Morgan fingerprint density at radius 2 is 2.05 bits per heavy atom. The highest BCUT2D eigenvalue weighted by molar-refractivity contribution is 7.89. The third-order valence-corrected chi connectivity index (χ3v) is 4.82. The molecule has 116 valence electrons. The first-order valence-corrected chi connectivity index (χ1v) is 8.24. The largest absolute Gasteiger partial charge is 0.341 e. The first-order chi connectivity index (χ1) is 9.61. The van der Waals surface area contributed by atoms with Crippen molar-refractivity contribution in [2.24, 2.45) is 17.0 Å². The van der Waals surface area contributed by atoms with Crippen molar-refractivity contribution in [3.63, 3.8) is 0 Å². The SMILES string of the molecule is Cc1cc(C(=O)N(C)CC2CC2C)cc(S(N)(=O)=O)c1F. The first-order valence-electron chi connectivity index (χ1n) is 6.69. The number of halogens is 1. The summed E-state index contributed by atoms with van der Waals surface area (Å²) in [4.78, 5) is 13.2. The maximum atomic E-state index is 13.8. The number of nitrogens with two attached hydrogens (primary N) is 1. The Morgan fingerprint density at radius 1 is 1.48 bits per heavy atom. The van der Waals surface area contributed by atoms with Gasteiger partial charge in [-0.05, 0) is 42.9 Å². The van der Waals surface area contributed by atoms with Crippen molar-refractivity contribution in [1.29, 1.82) is 0 Å². The van der Waals surface area contributed by atoms with Gasteiger partial charge in [-0.2, -0.15) is 0 Å². The van der Waals surface area contributed by atoms with E-state index in [0.29, 0.717) is 18.4 Å². The number of carbonyl (C=O) groups excluding carboxylic acids is 1. The van der Waals surface area contributed by atoms with Gasteiger partial charge < -0.3 is 4.90 Å². The second kappa shape index (κ2) is 5.38. The van der Waals surface area contributed by atoms with Gasteiger partial charge in [0.2, 0.25) is 10.0 Å². The Bertz CT molecular complexity index is 688. The molecule has 1 aliphatic carbocycles. The Morgan fingerprint density at radius 3 is 2.52 bits per heavy atom. The second-order valence-corrected chi connectivity index (χ2v) is 7.34. The molecule has 21 heavy (non-hydrogen) atoms. The number of hydrogen-bond donors (Lipinski definition) is 1. The van der Waals surface area contributed by atoms with E-state index in [9.17, 15) is 17.6 Å². The molecule has 2 atom stereocenters. The van der Waals surface area contributed by atoms with Gasteiger partial charge in [0.15, 0.2) is 0 Å². The molecule has 2 unspecified atom stereocenters. The number of carbonyl (C=O) groups is 1. The number of benzene rings is 1. The molecule has 1 fully saturated rings. The van der Waals surface area contributed by atoms with Gasteiger partial charge in [-0.25, -0.2) is 17.9 Å². The average molecular weight is 314 g/mol. The quantitative estimate of drug-likeness (QED) is 0.914. The molecule has 1 aliphatic rings. The minimum Gasteiger partial charge on any atom is -0.341 e. The summed E-state index contributed by atoms with van der Waals surface area (Å²) in [6, 6.07) is 2.35. The van der Waals surface area contributed by atoms with E-state index in [4.69, 9.17) is 5.14 Å². The molecule has 1 amide bonds. The minimum atomic E-state index is -4.20. The lowest BCUT2D eigenvalue weighted by molar-refractivity contribution is 0.0786. The predicted octanol–water partition coefficient (Wildman–Crippen LogP) is 1.51. The van der Waals surface area contributed by atoms with Crippen LogP contribution in [0.3, 0.4) is 0 Å². The molecule has 0 heterocycles. The summed E-state index contributed by atoms with van der Waals surface area (Å²) >= 11 is 0. The molecule has 1 saturated carbocycles. The molecule has 7 heteroatoms. The standard InChI is InChI=1S/C14H19FN2O3S/c1-8-4-11(8)7-17(3)14(18)10-5-9(2)13(15)12(6-10)21(16,19)20/h5-6,8,11H,4,7H2,1-3H3,(H2,16,19,20). The van der Waals surface area contributed by atoms with E-state index in [-0.39, 0.29) is 17.0 Å². The van der Waals surface area contributed by atoms with Gasteiger partial charge in [0.05, 0.1) is 0 Å². The van der Waals surface area contributed by atoms with Crippen LogP contribution in [0.15, 0.2) is 17.0 Å². The Kier molecular flexibility index (Phi) is 4.08. The maximum absolute atomic E-state index is 13.8. The van der Waals surface area contributed by atoms with E-state index < -0.39 is 20.7 Å². The molecular weight excluding hydrogens is 295 g/mol. The summed E-state index contributed by atoms with van der Waals surface area (Å²) in [5.74, 6) is -0.150. The van der Waals surface area contributed by atoms with Gasteiger partial charge >= 0.3 is 0 Å². The van der Waals surface area contributed by atoms with E-state index in [2.05, 4.69) is 6.92 Å². The predicted molar refractivity (Wildman–Crippen MR) is 76.7 cm³/mol. The number of hydrogen-bond acceptors (Lipinski definition) is 3. The van der Waals surface area contributed by atoms with E-state index in [1.54, 1.807) is 7.05 Å². The zero-order valence-corrected chi connectivity index (χ0v) is 13.1. The summed E-state index contributed by atoms with van der Waals surface area (Å²) in [6.07, 6.45) is 1.09. The molecule has 0 aliphatic heterocycles. The van der Waals surface area contributed by atoms with Crippen molar-refractivity contribution in [1.82, 2.24) is 4.90 Å². The summed E-state index contributed by atoms with van der Waals surface area (Å²) in [5.41, 5.74) is 0.215. The van der Waals surface area contributed by atoms with Crippen LogP contribution in [0.4, 0.5) is 4.39 Å². The minimum absolute atomic E-state index is 0.0815. The summed E-state index contributed by atoms with van der Waals surface area (Å²) in [7, 11) is -2.55. The molecule has 0 radical (unpaired) electrons. The molecular formula is C14H19FN2O3S. The van der Waals surface area contributed by atoms with Gasteiger partial charge in [-0.3, -0.25) is 4.79 Å². The van der Waals surface area contributed by atoms with Crippen LogP contribution in [-0.2, 0) is 10.0 Å². The van der Waals surface area contributed by atoms with E-state index in [1.165, 1.54) is 17.9 Å². The van der Waals surface area contributed by atoms with Gasteiger partial charge in [-0.1, -0.05) is 6.92 Å². The molecule has 2 rings (SSSR count). The number of sulfonamides is 1. The summed E-state index contributed by atoms with van der Waals surface area (Å²) in [6.45, 7) is 4.13. The zero-order valence-electron chi connectivity index (χ0n) is 12.3. The highest BCUT2D eigenvalue weighted by Crippen LogP contribution is 2.38. The average Bonchev–Trinajstić information content (AvgIpc) is 3.05. The number of rotatable bonds is 4. The lowest BCUT2D eigenvalue weighted by atomic mass is 10.1. The van der Waals surface area contributed by atoms with E-state index in [0.717, 1.165) is 12.5 Å². The molecule has 2 N–H and O–H groups in total. The van der Waals surface area contributed by atoms with Crippen molar-refractivity contribution in [3.05, 3.63) is 29.1 Å². The topological polar surface area (TPSA) is 80.5 Å². The fraction of sp³-hybridized carbons (Fsp3) is 0.500. The Hall–Kier alpha value is -1.47. The van der Waals surface area contributed by atoms with Crippen molar-refractivity contribution >= 4 is 15.9 Å². The number of primary sulfonamides is 1. The summed E-state index contributed by atoms with van der Waals surface area (Å²) in [5, 5.41) is 4.99. The lowest BCUT2D eigenvalue weighted by Crippen LogP contribution is -2.29. The van der Waals surface area contributed by atoms with Gasteiger partial charge in [-0.15, -0.1) is 0 Å². The molecule has 1 aromatic rings. The van der Waals surface area contributed by atoms with E-state index in [1.807, 2.05) is 0 Å². The highest BCUT2D eigenvalue weighted by atomic mass is 32.2. The van der Waals surface area contributed by atoms with Crippen LogP contribution >= 0.6 is 0 Å². The fourth-order valence-electron chi connectivity index (χ4n) is 2.38. The monoisotopic (exact) mass is 314 g/mol. The smallest absolute Gasteiger partial charge is 0.253 e. The number of amides is 1. The Balaban J connectivity index is 2.31. The van der Waals surface area contributed by atoms with Gasteiger partial charge in [0, 0.05) is 19.2 Å².